The van der Waals surface area contributed by atoms with Gasteiger partial charge < -0.3 is 15.4 Å². The van der Waals surface area contributed by atoms with Crippen LogP contribution in [0.4, 0.5) is 0 Å². The molecule has 1 saturated carbocycles. The monoisotopic (exact) mass is 186 g/mol. The summed E-state index contributed by atoms with van der Waals surface area (Å²) in [4.78, 5) is 13.2. The maximum atomic E-state index is 11.5. The van der Waals surface area contributed by atoms with Gasteiger partial charge >= 0.3 is 0 Å². The fourth-order valence-corrected chi connectivity index (χ4v) is 1.35. The normalized spacial score (nSPS) is 18.4. The number of nitrogens with zero attached hydrogens (tertiary/aromatic N) is 1. The van der Waals surface area contributed by atoms with Crippen LogP contribution >= 0.6 is 0 Å². The molecule has 1 unspecified atom stereocenters. The molecule has 0 radical (unpaired) electrons. The van der Waals surface area contributed by atoms with E-state index in [-0.39, 0.29) is 17.9 Å². The van der Waals surface area contributed by atoms with E-state index in [9.17, 15) is 4.79 Å². The minimum absolute atomic E-state index is 0.0716. The van der Waals surface area contributed by atoms with Crippen LogP contribution in [-0.2, 0) is 9.53 Å². The zero-order valence-corrected chi connectivity index (χ0v) is 8.32. The fourth-order valence-electron chi connectivity index (χ4n) is 1.35. The van der Waals surface area contributed by atoms with E-state index in [1.807, 2.05) is 0 Å². The Morgan fingerprint density at radius 3 is 2.77 bits per heavy atom. The zero-order chi connectivity index (χ0) is 9.84. The SMILES string of the molecule is COCC(N)CN(C)C(=O)C1CC1. The highest BCUT2D eigenvalue weighted by Gasteiger charge is 2.32. The van der Waals surface area contributed by atoms with Gasteiger partial charge in [0.25, 0.3) is 0 Å². The van der Waals surface area contributed by atoms with Crippen LogP contribution in [-0.4, -0.2) is 44.2 Å². The second-order valence-electron chi connectivity index (χ2n) is 3.71. The third kappa shape index (κ3) is 3.32. The van der Waals surface area contributed by atoms with Gasteiger partial charge in [0.15, 0.2) is 0 Å². The van der Waals surface area contributed by atoms with Crippen molar-refractivity contribution in [2.75, 3.05) is 27.3 Å². The molecule has 1 fully saturated rings. The fraction of sp³-hybridized carbons (Fsp3) is 0.889. The van der Waals surface area contributed by atoms with Gasteiger partial charge in [-0.2, -0.15) is 0 Å². The molecule has 0 bridgehead atoms. The minimum atomic E-state index is -0.0716. The summed E-state index contributed by atoms with van der Waals surface area (Å²) < 4.78 is 4.90. The van der Waals surface area contributed by atoms with E-state index in [0.29, 0.717) is 13.2 Å². The predicted octanol–water partition coefficient (Wildman–Crippen LogP) is -0.171. The van der Waals surface area contributed by atoms with Gasteiger partial charge in [0.05, 0.1) is 6.61 Å². The Balaban J connectivity index is 2.22. The van der Waals surface area contributed by atoms with Gasteiger partial charge in [0.2, 0.25) is 5.91 Å². The standard InChI is InChI=1S/C9H18N2O2/c1-11(5-8(10)6-13-2)9(12)7-3-4-7/h7-8H,3-6,10H2,1-2H3. The topological polar surface area (TPSA) is 55.6 Å². The number of hydrogen-bond donors (Lipinski definition) is 1. The lowest BCUT2D eigenvalue weighted by Gasteiger charge is -2.20. The van der Waals surface area contributed by atoms with Crippen molar-refractivity contribution < 1.29 is 9.53 Å². The molecule has 76 valence electrons. The van der Waals surface area contributed by atoms with E-state index in [4.69, 9.17) is 10.5 Å². The van der Waals surface area contributed by atoms with Crippen LogP contribution in [0.1, 0.15) is 12.8 Å². The summed E-state index contributed by atoms with van der Waals surface area (Å²) >= 11 is 0. The molecule has 0 aromatic rings. The summed E-state index contributed by atoms with van der Waals surface area (Å²) in [6.45, 7) is 1.09. The first-order valence-electron chi connectivity index (χ1n) is 4.64. The van der Waals surface area contributed by atoms with Gasteiger partial charge in [-0.05, 0) is 12.8 Å². The van der Waals surface area contributed by atoms with Crippen molar-refractivity contribution >= 4 is 5.91 Å². The van der Waals surface area contributed by atoms with Gasteiger partial charge in [-0.3, -0.25) is 4.79 Å². The molecule has 0 aliphatic heterocycles. The Hall–Kier alpha value is -0.610. The number of carbonyl (C=O) groups excluding carboxylic acids is 1. The lowest BCUT2D eigenvalue weighted by molar-refractivity contribution is -0.131. The summed E-state index contributed by atoms with van der Waals surface area (Å²) in [5, 5.41) is 0. The Morgan fingerprint density at radius 1 is 1.69 bits per heavy atom. The van der Waals surface area contributed by atoms with Crippen LogP contribution < -0.4 is 5.73 Å². The number of methoxy groups -OCH3 is 1. The van der Waals surface area contributed by atoms with Gasteiger partial charge in [0, 0.05) is 32.7 Å². The van der Waals surface area contributed by atoms with E-state index in [1.54, 1.807) is 19.1 Å². The van der Waals surface area contributed by atoms with E-state index in [0.717, 1.165) is 12.8 Å². The first kappa shape index (κ1) is 10.5. The van der Waals surface area contributed by atoms with Crippen LogP contribution in [0.15, 0.2) is 0 Å². The Bertz CT molecular complexity index is 180. The Morgan fingerprint density at radius 2 is 2.31 bits per heavy atom. The molecule has 0 saturated heterocycles. The molecule has 1 aliphatic carbocycles. The van der Waals surface area contributed by atoms with Crippen LogP contribution in [0.25, 0.3) is 0 Å². The highest BCUT2D eigenvalue weighted by atomic mass is 16.5. The number of hydrogen-bond acceptors (Lipinski definition) is 3. The van der Waals surface area contributed by atoms with Crippen molar-refractivity contribution in [1.29, 1.82) is 0 Å². The molecule has 1 rings (SSSR count). The molecule has 0 aromatic heterocycles. The van der Waals surface area contributed by atoms with Gasteiger partial charge in [-0.25, -0.2) is 0 Å². The van der Waals surface area contributed by atoms with E-state index in [1.165, 1.54) is 0 Å². The summed E-state index contributed by atoms with van der Waals surface area (Å²) in [5.41, 5.74) is 5.72. The number of ether oxygens (including phenoxy) is 1. The summed E-state index contributed by atoms with van der Waals surface area (Å²) in [5.74, 6) is 0.506. The minimum Gasteiger partial charge on any atom is -0.383 e. The van der Waals surface area contributed by atoms with Crippen LogP contribution in [0, 0.1) is 5.92 Å². The number of rotatable bonds is 5. The van der Waals surface area contributed by atoms with Crippen LogP contribution in [0.3, 0.4) is 0 Å². The van der Waals surface area contributed by atoms with Crippen molar-refractivity contribution in [1.82, 2.24) is 4.90 Å². The Kier molecular flexibility index (Phi) is 3.69. The number of amides is 1. The van der Waals surface area contributed by atoms with Gasteiger partial charge in [0.1, 0.15) is 0 Å². The molecule has 4 nitrogen and oxygen atoms in total. The highest BCUT2D eigenvalue weighted by molar-refractivity contribution is 5.80. The van der Waals surface area contributed by atoms with Crippen molar-refractivity contribution in [3.63, 3.8) is 0 Å². The molecule has 0 heterocycles. The lowest BCUT2D eigenvalue weighted by Crippen LogP contribution is -2.41. The van der Waals surface area contributed by atoms with Crippen LogP contribution in [0.2, 0.25) is 0 Å². The molecule has 2 N–H and O–H groups in total. The molecular formula is C9H18N2O2. The first-order valence-corrected chi connectivity index (χ1v) is 4.64. The van der Waals surface area contributed by atoms with E-state index >= 15 is 0 Å². The summed E-state index contributed by atoms with van der Waals surface area (Å²) in [6.07, 6.45) is 2.09. The van der Waals surface area contributed by atoms with Crippen molar-refractivity contribution in [3.8, 4) is 0 Å². The first-order chi connectivity index (χ1) is 6.15. The lowest BCUT2D eigenvalue weighted by atomic mass is 10.3. The highest BCUT2D eigenvalue weighted by Crippen LogP contribution is 2.30. The Labute approximate surface area is 79.0 Å². The van der Waals surface area contributed by atoms with Crippen molar-refractivity contribution in [2.45, 2.75) is 18.9 Å². The quantitative estimate of drug-likeness (QED) is 0.648. The molecule has 0 aromatic carbocycles. The van der Waals surface area contributed by atoms with Gasteiger partial charge in [-0.15, -0.1) is 0 Å². The van der Waals surface area contributed by atoms with Crippen LogP contribution in [0.5, 0.6) is 0 Å². The smallest absolute Gasteiger partial charge is 0.225 e. The maximum absolute atomic E-state index is 11.5. The van der Waals surface area contributed by atoms with E-state index < -0.39 is 0 Å². The molecule has 13 heavy (non-hydrogen) atoms. The van der Waals surface area contributed by atoms with Crippen molar-refractivity contribution in [3.05, 3.63) is 0 Å². The second kappa shape index (κ2) is 4.58. The summed E-state index contributed by atoms with van der Waals surface area (Å²) in [6, 6.07) is -0.0716. The average molecular weight is 186 g/mol. The number of carbonyl (C=O) groups is 1. The molecule has 1 aliphatic rings. The number of likely N-dealkylation sites (N-methyl/N-ethyl adjacent to an activating group) is 1. The van der Waals surface area contributed by atoms with Crippen molar-refractivity contribution in [2.24, 2.45) is 11.7 Å². The zero-order valence-electron chi connectivity index (χ0n) is 8.32. The van der Waals surface area contributed by atoms with Gasteiger partial charge in [-0.1, -0.05) is 0 Å². The molecule has 0 spiro atoms. The predicted molar refractivity (Wildman–Crippen MR) is 50.2 cm³/mol. The average Bonchev–Trinajstić information content (AvgIpc) is 2.85. The molecule has 4 heteroatoms. The maximum Gasteiger partial charge on any atom is 0.225 e. The molecule has 1 amide bonds. The third-order valence-corrected chi connectivity index (χ3v) is 2.19. The number of nitrogens with two attached hydrogens (primary N) is 1. The molecular weight excluding hydrogens is 168 g/mol. The molecule has 1 atom stereocenters. The summed E-state index contributed by atoms with van der Waals surface area (Å²) in [7, 11) is 3.42. The second-order valence-corrected chi connectivity index (χ2v) is 3.71. The third-order valence-electron chi connectivity index (χ3n) is 2.19. The van der Waals surface area contributed by atoms with E-state index in [2.05, 4.69) is 0 Å². The largest absolute Gasteiger partial charge is 0.383 e.